The van der Waals surface area contributed by atoms with E-state index in [0.29, 0.717) is 17.1 Å². The summed E-state index contributed by atoms with van der Waals surface area (Å²) in [6, 6.07) is 22.1. The van der Waals surface area contributed by atoms with Gasteiger partial charge in [0.1, 0.15) is 0 Å². The molecule has 0 bridgehead atoms. The summed E-state index contributed by atoms with van der Waals surface area (Å²) in [7, 11) is 3.17. The average molecular weight is 315 g/mol. The molecule has 0 aromatic heterocycles. The highest BCUT2D eigenvalue weighted by atomic mass is 16.5. The zero-order valence-electron chi connectivity index (χ0n) is 13.6. The number of rotatable bonds is 4. The number of fused-ring (bicyclic) bond motifs is 1. The lowest BCUT2D eigenvalue weighted by Gasteiger charge is -2.09. The number of hydrogen-bond donors (Lipinski definition) is 0. The molecule has 3 aromatic carbocycles. The van der Waals surface area contributed by atoms with Gasteiger partial charge in [-0.25, -0.2) is 0 Å². The van der Waals surface area contributed by atoms with Crippen LogP contribution in [0.1, 0.15) is 11.1 Å². The number of nitriles is 1. The standard InChI is InChI=1S/C21H17NO2/c1-23-20-10-9-18(13-21(20)24-2)19(14-22)12-15-7-8-16-5-3-4-6-17(16)11-15/h3-13H,1-2H3/b19-12+. The second-order valence-corrected chi connectivity index (χ2v) is 5.35. The van der Waals surface area contributed by atoms with Crippen molar-refractivity contribution in [2.24, 2.45) is 0 Å². The van der Waals surface area contributed by atoms with Gasteiger partial charge in [-0.15, -0.1) is 0 Å². The van der Waals surface area contributed by atoms with Crippen molar-refractivity contribution in [3.05, 3.63) is 71.8 Å². The zero-order chi connectivity index (χ0) is 16.9. The lowest BCUT2D eigenvalue weighted by atomic mass is 10.0. The fourth-order valence-electron chi connectivity index (χ4n) is 2.65. The zero-order valence-corrected chi connectivity index (χ0v) is 13.6. The van der Waals surface area contributed by atoms with Crippen molar-refractivity contribution < 1.29 is 9.47 Å². The van der Waals surface area contributed by atoms with Gasteiger partial charge in [-0.05, 0) is 52.2 Å². The molecular weight excluding hydrogens is 298 g/mol. The molecule has 0 spiro atoms. The molecule has 0 N–H and O–H groups in total. The highest BCUT2D eigenvalue weighted by molar-refractivity contribution is 5.93. The Morgan fingerprint density at radius 3 is 2.33 bits per heavy atom. The molecule has 3 rings (SSSR count). The monoisotopic (exact) mass is 315 g/mol. The van der Waals surface area contributed by atoms with Gasteiger partial charge >= 0.3 is 0 Å². The van der Waals surface area contributed by atoms with Crippen molar-refractivity contribution in [1.82, 2.24) is 0 Å². The maximum absolute atomic E-state index is 9.55. The van der Waals surface area contributed by atoms with Crippen molar-refractivity contribution in [1.29, 1.82) is 5.26 Å². The smallest absolute Gasteiger partial charge is 0.161 e. The van der Waals surface area contributed by atoms with E-state index in [-0.39, 0.29) is 0 Å². The fraction of sp³-hybridized carbons (Fsp3) is 0.0952. The van der Waals surface area contributed by atoms with Gasteiger partial charge in [0.15, 0.2) is 11.5 Å². The molecule has 0 heterocycles. The quantitative estimate of drug-likeness (QED) is 0.507. The summed E-state index contributed by atoms with van der Waals surface area (Å²) in [6.45, 7) is 0. The lowest BCUT2D eigenvalue weighted by molar-refractivity contribution is 0.355. The minimum absolute atomic E-state index is 0.575. The maximum Gasteiger partial charge on any atom is 0.161 e. The Morgan fingerprint density at radius 1 is 0.875 bits per heavy atom. The van der Waals surface area contributed by atoms with Gasteiger partial charge in [-0.2, -0.15) is 5.26 Å². The van der Waals surface area contributed by atoms with Crippen molar-refractivity contribution in [3.8, 4) is 17.6 Å². The van der Waals surface area contributed by atoms with Crippen LogP contribution in [0.15, 0.2) is 60.7 Å². The van der Waals surface area contributed by atoms with E-state index in [1.165, 1.54) is 5.39 Å². The predicted molar refractivity (Wildman–Crippen MR) is 97.0 cm³/mol. The van der Waals surface area contributed by atoms with Crippen LogP contribution in [0.25, 0.3) is 22.4 Å². The van der Waals surface area contributed by atoms with Gasteiger partial charge in [0.25, 0.3) is 0 Å². The molecule has 118 valence electrons. The molecule has 0 aliphatic heterocycles. The number of ether oxygens (including phenoxy) is 2. The molecule has 0 aliphatic carbocycles. The summed E-state index contributed by atoms with van der Waals surface area (Å²) in [5, 5.41) is 11.9. The van der Waals surface area contributed by atoms with E-state index in [9.17, 15) is 5.26 Å². The fourth-order valence-corrected chi connectivity index (χ4v) is 2.65. The second kappa shape index (κ2) is 6.89. The van der Waals surface area contributed by atoms with Crippen LogP contribution in [0.5, 0.6) is 11.5 Å². The molecule has 3 nitrogen and oxygen atoms in total. The van der Waals surface area contributed by atoms with Crippen molar-refractivity contribution >= 4 is 22.4 Å². The maximum atomic E-state index is 9.55. The Hall–Kier alpha value is -3.25. The minimum atomic E-state index is 0.575. The van der Waals surface area contributed by atoms with Crippen molar-refractivity contribution in [3.63, 3.8) is 0 Å². The van der Waals surface area contributed by atoms with Crippen LogP contribution >= 0.6 is 0 Å². The summed E-state index contributed by atoms with van der Waals surface area (Å²) in [4.78, 5) is 0. The Kier molecular flexibility index (Phi) is 4.49. The molecule has 0 atom stereocenters. The van der Waals surface area contributed by atoms with Crippen LogP contribution in [-0.2, 0) is 0 Å². The predicted octanol–water partition coefficient (Wildman–Crippen LogP) is 4.92. The SMILES string of the molecule is COc1ccc(/C(C#N)=C/c2ccc3ccccc3c2)cc1OC. The summed E-state index contributed by atoms with van der Waals surface area (Å²) in [5.74, 6) is 1.25. The van der Waals surface area contributed by atoms with E-state index in [2.05, 4.69) is 30.3 Å². The topological polar surface area (TPSA) is 42.2 Å². The van der Waals surface area contributed by atoms with Crippen LogP contribution in [0.4, 0.5) is 0 Å². The number of nitrogens with zero attached hydrogens (tertiary/aromatic N) is 1. The molecule has 3 heteroatoms. The van der Waals surface area contributed by atoms with E-state index in [1.807, 2.05) is 36.4 Å². The van der Waals surface area contributed by atoms with Gasteiger partial charge < -0.3 is 9.47 Å². The summed E-state index contributed by atoms with van der Waals surface area (Å²) in [5.41, 5.74) is 2.36. The Bertz CT molecular complexity index is 951. The summed E-state index contributed by atoms with van der Waals surface area (Å²) < 4.78 is 10.6. The molecule has 0 saturated carbocycles. The molecule has 3 aromatic rings. The third-order valence-corrected chi connectivity index (χ3v) is 3.90. The van der Waals surface area contributed by atoms with E-state index in [4.69, 9.17) is 9.47 Å². The lowest BCUT2D eigenvalue weighted by Crippen LogP contribution is -1.92. The molecule has 0 unspecified atom stereocenters. The van der Waals surface area contributed by atoms with Crippen LogP contribution in [-0.4, -0.2) is 14.2 Å². The average Bonchev–Trinajstić information content (AvgIpc) is 2.65. The molecule has 24 heavy (non-hydrogen) atoms. The van der Waals surface area contributed by atoms with E-state index < -0.39 is 0 Å². The summed E-state index contributed by atoms with van der Waals surface area (Å²) in [6.07, 6.45) is 1.88. The van der Waals surface area contributed by atoms with E-state index in [0.717, 1.165) is 16.5 Å². The van der Waals surface area contributed by atoms with E-state index >= 15 is 0 Å². The number of methoxy groups -OCH3 is 2. The number of allylic oxidation sites excluding steroid dienone is 1. The van der Waals surface area contributed by atoms with Gasteiger partial charge in [-0.1, -0.05) is 36.4 Å². The van der Waals surface area contributed by atoms with Crippen LogP contribution in [0, 0.1) is 11.3 Å². The van der Waals surface area contributed by atoms with Crippen LogP contribution in [0.3, 0.4) is 0 Å². The molecular formula is C21H17NO2. The molecule has 0 amide bonds. The van der Waals surface area contributed by atoms with Gasteiger partial charge in [0.2, 0.25) is 0 Å². The molecule has 0 aliphatic rings. The van der Waals surface area contributed by atoms with Crippen molar-refractivity contribution in [2.75, 3.05) is 14.2 Å². The van der Waals surface area contributed by atoms with Crippen LogP contribution < -0.4 is 9.47 Å². The van der Waals surface area contributed by atoms with Gasteiger partial charge in [0, 0.05) is 0 Å². The first-order valence-corrected chi connectivity index (χ1v) is 7.58. The normalized spacial score (nSPS) is 11.1. The molecule has 0 saturated heterocycles. The first-order chi connectivity index (χ1) is 11.7. The second-order valence-electron chi connectivity index (χ2n) is 5.35. The summed E-state index contributed by atoms with van der Waals surface area (Å²) >= 11 is 0. The molecule has 0 fully saturated rings. The Balaban J connectivity index is 2.04. The first-order valence-electron chi connectivity index (χ1n) is 7.58. The number of benzene rings is 3. The van der Waals surface area contributed by atoms with Gasteiger partial charge in [0.05, 0.1) is 25.9 Å². The highest BCUT2D eigenvalue weighted by Gasteiger charge is 2.08. The largest absolute Gasteiger partial charge is 0.493 e. The minimum Gasteiger partial charge on any atom is -0.493 e. The Labute approximate surface area is 141 Å². The third-order valence-electron chi connectivity index (χ3n) is 3.90. The highest BCUT2D eigenvalue weighted by Crippen LogP contribution is 2.31. The van der Waals surface area contributed by atoms with Crippen molar-refractivity contribution in [2.45, 2.75) is 0 Å². The number of hydrogen-bond acceptors (Lipinski definition) is 3. The van der Waals surface area contributed by atoms with Gasteiger partial charge in [-0.3, -0.25) is 0 Å². The van der Waals surface area contributed by atoms with Crippen LogP contribution in [0.2, 0.25) is 0 Å². The first kappa shape index (κ1) is 15.6. The third kappa shape index (κ3) is 3.09. The Morgan fingerprint density at radius 2 is 1.62 bits per heavy atom. The van der Waals surface area contributed by atoms with E-state index in [1.54, 1.807) is 20.3 Å². The molecule has 0 radical (unpaired) electrons.